The van der Waals surface area contributed by atoms with Gasteiger partial charge in [-0.2, -0.15) is 4.98 Å². The maximum atomic E-state index is 5.58. The van der Waals surface area contributed by atoms with Crippen LogP contribution in [0.4, 0.5) is 5.95 Å². The predicted octanol–water partition coefficient (Wildman–Crippen LogP) is -0.623. The van der Waals surface area contributed by atoms with Crippen molar-refractivity contribution in [3.05, 3.63) is 5.82 Å². The Kier molecular flexibility index (Phi) is 1.17. The van der Waals surface area contributed by atoms with Crippen molar-refractivity contribution in [3.8, 4) is 0 Å². The minimum Gasteiger partial charge on any atom is -0.367 e. The van der Waals surface area contributed by atoms with E-state index in [2.05, 4.69) is 15.2 Å². The van der Waals surface area contributed by atoms with Crippen LogP contribution in [0.1, 0.15) is 18.7 Å². The molecule has 1 aliphatic rings. The van der Waals surface area contributed by atoms with Crippen molar-refractivity contribution in [2.75, 3.05) is 12.3 Å². The minimum atomic E-state index is 0.0740. The zero-order chi connectivity index (χ0) is 7.90. The second-order valence-corrected chi connectivity index (χ2v) is 3.03. The highest BCUT2D eigenvalue weighted by Crippen LogP contribution is 2.45. The van der Waals surface area contributed by atoms with Crippen molar-refractivity contribution >= 4 is 5.95 Å². The Labute approximate surface area is 64.2 Å². The van der Waals surface area contributed by atoms with E-state index in [1.807, 2.05) is 0 Å². The fourth-order valence-corrected chi connectivity index (χ4v) is 1.20. The lowest BCUT2D eigenvalue weighted by Crippen LogP contribution is -2.21. The molecule has 0 atom stereocenters. The number of nitrogen functional groups attached to an aromatic ring is 1. The topological polar surface area (TPSA) is 93.6 Å². The van der Waals surface area contributed by atoms with Gasteiger partial charge in [0.05, 0.1) is 0 Å². The summed E-state index contributed by atoms with van der Waals surface area (Å²) in [7, 11) is 0. The van der Waals surface area contributed by atoms with Crippen LogP contribution in [0.25, 0.3) is 0 Å². The van der Waals surface area contributed by atoms with Gasteiger partial charge in [0, 0.05) is 12.0 Å². The van der Waals surface area contributed by atoms with Gasteiger partial charge in [0.2, 0.25) is 5.95 Å². The summed E-state index contributed by atoms with van der Waals surface area (Å²) in [5, 5.41) is 6.55. The first-order chi connectivity index (χ1) is 5.27. The standard InChI is InChI=1S/C6H11N5/c7-3-6(1-2-6)4-9-5(8)11-10-4/h1-3,7H2,(H3,8,9,10,11). The molecule has 1 aliphatic carbocycles. The Balaban J connectivity index is 2.29. The molecule has 1 aromatic heterocycles. The lowest BCUT2D eigenvalue weighted by molar-refractivity contribution is 0.653. The molecule has 0 bridgehead atoms. The Morgan fingerprint density at radius 2 is 2.27 bits per heavy atom. The number of hydrogen-bond donors (Lipinski definition) is 3. The van der Waals surface area contributed by atoms with Crippen LogP contribution in [0, 0.1) is 0 Å². The summed E-state index contributed by atoms with van der Waals surface area (Å²) in [5.41, 5.74) is 11.0. The van der Waals surface area contributed by atoms with Crippen LogP contribution in [0.3, 0.4) is 0 Å². The number of hydrogen-bond acceptors (Lipinski definition) is 4. The summed E-state index contributed by atoms with van der Waals surface area (Å²) in [6.45, 7) is 0.627. The number of aromatic amines is 1. The average molecular weight is 153 g/mol. The molecule has 1 saturated carbocycles. The molecule has 1 aromatic rings. The van der Waals surface area contributed by atoms with Gasteiger partial charge in [0.25, 0.3) is 0 Å². The van der Waals surface area contributed by atoms with Crippen LogP contribution in [0.15, 0.2) is 0 Å². The summed E-state index contributed by atoms with van der Waals surface area (Å²) in [5.74, 6) is 1.15. The van der Waals surface area contributed by atoms with E-state index in [0.29, 0.717) is 12.5 Å². The van der Waals surface area contributed by atoms with Crippen molar-refractivity contribution in [1.82, 2.24) is 15.2 Å². The minimum absolute atomic E-state index is 0.0740. The number of rotatable bonds is 2. The first kappa shape index (κ1) is 6.60. The van der Waals surface area contributed by atoms with Crippen LogP contribution >= 0.6 is 0 Å². The smallest absolute Gasteiger partial charge is 0.239 e. The average Bonchev–Trinajstić information content (AvgIpc) is 2.70. The van der Waals surface area contributed by atoms with Gasteiger partial charge in [-0.15, -0.1) is 5.10 Å². The first-order valence-electron chi connectivity index (χ1n) is 3.65. The second-order valence-electron chi connectivity index (χ2n) is 3.03. The van der Waals surface area contributed by atoms with Gasteiger partial charge in [-0.1, -0.05) is 0 Å². The highest BCUT2D eigenvalue weighted by Gasteiger charge is 2.45. The van der Waals surface area contributed by atoms with Crippen molar-refractivity contribution < 1.29 is 0 Å². The molecule has 0 spiro atoms. The summed E-state index contributed by atoms with van der Waals surface area (Å²) in [4.78, 5) is 4.05. The Morgan fingerprint density at radius 3 is 2.64 bits per heavy atom. The third kappa shape index (κ3) is 0.883. The molecule has 0 aliphatic heterocycles. The van der Waals surface area contributed by atoms with Crippen LogP contribution in [0.5, 0.6) is 0 Å². The SMILES string of the molecule is NCC1(c2nc(N)n[nH]2)CC1. The maximum Gasteiger partial charge on any atom is 0.239 e. The van der Waals surface area contributed by atoms with E-state index in [1.165, 1.54) is 0 Å². The van der Waals surface area contributed by atoms with E-state index < -0.39 is 0 Å². The van der Waals surface area contributed by atoms with Crippen molar-refractivity contribution in [3.63, 3.8) is 0 Å². The van der Waals surface area contributed by atoms with E-state index in [0.717, 1.165) is 18.7 Å². The highest BCUT2D eigenvalue weighted by atomic mass is 15.3. The molecule has 5 heteroatoms. The quantitative estimate of drug-likeness (QED) is 0.527. The molecule has 1 fully saturated rings. The van der Waals surface area contributed by atoms with Gasteiger partial charge < -0.3 is 11.5 Å². The Morgan fingerprint density at radius 1 is 1.55 bits per heavy atom. The molecule has 2 rings (SSSR count). The van der Waals surface area contributed by atoms with Crippen molar-refractivity contribution in [1.29, 1.82) is 0 Å². The molecular weight excluding hydrogens is 142 g/mol. The summed E-state index contributed by atoms with van der Waals surface area (Å²) < 4.78 is 0. The molecule has 11 heavy (non-hydrogen) atoms. The van der Waals surface area contributed by atoms with E-state index >= 15 is 0 Å². The molecule has 0 aromatic carbocycles. The number of aromatic nitrogens is 3. The molecule has 5 N–H and O–H groups in total. The molecule has 0 radical (unpaired) electrons. The lowest BCUT2D eigenvalue weighted by atomic mass is 10.1. The number of nitrogens with two attached hydrogens (primary N) is 2. The van der Waals surface area contributed by atoms with Gasteiger partial charge in [-0.25, -0.2) is 0 Å². The van der Waals surface area contributed by atoms with E-state index in [4.69, 9.17) is 11.5 Å². The molecule has 0 saturated heterocycles. The Bertz CT molecular complexity index is 262. The van der Waals surface area contributed by atoms with Gasteiger partial charge >= 0.3 is 0 Å². The van der Waals surface area contributed by atoms with Crippen molar-refractivity contribution in [2.24, 2.45) is 5.73 Å². The zero-order valence-corrected chi connectivity index (χ0v) is 6.17. The van der Waals surface area contributed by atoms with E-state index in [9.17, 15) is 0 Å². The predicted molar refractivity (Wildman–Crippen MR) is 40.8 cm³/mol. The lowest BCUT2D eigenvalue weighted by Gasteiger charge is -2.05. The van der Waals surface area contributed by atoms with Crippen LogP contribution in [0.2, 0.25) is 0 Å². The molecule has 0 unspecified atom stereocenters. The summed E-state index contributed by atoms with van der Waals surface area (Å²) in [6, 6.07) is 0. The first-order valence-corrected chi connectivity index (χ1v) is 3.65. The second kappa shape index (κ2) is 1.94. The van der Waals surface area contributed by atoms with Gasteiger partial charge in [-0.3, -0.25) is 5.10 Å². The van der Waals surface area contributed by atoms with Crippen LogP contribution in [-0.2, 0) is 5.41 Å². The fraction of sp³-hybridized carbons (Fsp3) is 0.667. The monoisotopic (exact) mass is 153 g/mol. The molecule has 1 heterocycles. The molecule has 0 amide bonds. The fourth-order valence-electron chi connectivity index (χ4n) is 1.20. The van der Waals surface area contributed by atoms with Crippen LogP contribution < -0.4 is 11.5 Å². The normalized spacial score (nSPS) is 20.1. The largest absolute Gasteiger partial charge is 0.367 e. The third-order valence-electron chi connectivity index (χ3n) is 2.25. The third-order valence-corrected chi connectivity index (χ3v) is 2.25. The van der Waals surface area contributed by atoms with E-state index in [1.54, 1.807) is 0 Å². The number of nitrogens with zero attached hydrogens (tertiary/aromatic N) is 2. The van der Waals surface area contributed by atoms with Crippen molar-refractivity contribution in [2.45, 2.75) is 18.3 Å². The van der Waals surface area contributed by atoms with E-state index in [-0.39, 0.29) is 5.41 Å². The molecule has 5 nitrogen and oxygen atoms in total. The zero-order valence-electron chi connectivity index (χ0n) is 6.17. The van der Waals surface area contributed by atoms with Gasteiger partial charge in [0.1, 0.15) is 5.82 Å². The summed E-state index contributed by atoms with van der Waals surface area (Å²) in [6.07, 6.45) is 2.19. The Hall–Kier alpha value is -1.10. The van der Waals surface area contributed by atoms with Crippen LogP contribution in [-0.4, -0.2) is 21.7 Å². The number of anilines is 1. The molecule has 60 valence electrons. The summed E-state index contributed by atoms with van der Waals surface area (Å²) >= 11 is 0. The number of nitrogens with one attached hydrogen (secondary N) is 1. The maximum absolute atomic E-state index is 5.58. The number of H-pyrrole nitrogens is 1. The highest BCUT2D eigenvalue weighted by molar-refractivity contribution is 5.23. The molecular formula is C6H11N5. The van der Waals surface area contributed by atoms with Gasteiger partial charge in [0.15, 0.2) is 0 Å². The van der Waals surface area contributed by atoms with Gasteiger partial charge in [-0.05, 0) is 12.8 Å².